The number of hydrogen-bond donors (Lipinski definition) is 0. The van der Waals surface area contributed by atoms with Crippen LogP contribution in [-0.4, -0.2) is 48.0 Å². The number of amides is 2. The second-order valence-electron chi connectivity index (χ2n) is 6.85. The second kappa shape index (κ2) is 8.13. The largest absolute Gasteiger partial charge is 0.445 e. The van der Waals surface area contributed by atoms with E-state index in [-0.39, 0.29) is 18.6 Å². The van der Waals surface area contributed by atoms with Crippen LogP contribution in [0.1, 0.15) is 15.9 Å². The number of fused-ring (bicyclic) bond motifs is 1. The summed E-state index contributed by atoms with van der Waals surface area (Å²) in [7, 11) is 0. The van der Waals surface area contributed by atoms with Crippen LogP contribution >= 0.6 is 0 Å². The van der Waals surface area contributed by atoms with Crippen molar-refractivity contribution in [3.63, 3.8) is 0 Å². The summed E-state index contributed by atoms with van der Waals surface area (Å²) in [5, 5.41) is 2.01. The Hall–Kier alpha value is -3.34. The normalized spacial score (nSPS) is 14.1. The van der Waals surface area contributed by atoms with Crippen LogP contribution in [0.2, 0.25) is 0 Å². The third kappa shape index (κ3) is 3.83. The zero-order valence-corrected chi connectivity index (χ0v) is 15.6. The van der Waals surface area contributed by atoms with Gasteiger partial charge < -0.3 is 14.5 Å². The number of carbonyl (C=O) groups excluding carboxylic acids is 2. The smallest absolute Gasteiger partial charge is 0.410 e. The van der Waals surface area contributed by atoms with Gasteiger partial charge in [0.1, 0.15) is 6.61 Å². The van der Waals surface area contributed by atoms with Crippen molar-refractivity contribution >= 4 is 22.8 Å². The number of piperazine rings is 1. The van der Waals surface area contributed by atoms with Gasteiger partial charge >= 0.3 is 6.09 Å². The van der Waals surface area contributed by atoms with Gasteiger partial charge in [-0.15, -0.1) is 0 Å². The summed E-state index contributed by atoms with van der Waals surface area (Å²) in [6, 6.07) is 23.3. The zero-order chi connectivity index (χ0) is 19.3. The van der Waals surface area contributed by atoms with Crippen LogP contribution in [-0.2, 0) is 11.3 Å². The highest BCUT2D eigenvalue weighted by Gasteiger charge is 2.26. The van der Waals surface area contributed by atoms with Gasteiger partial charge in [-0.3, -0.25) is 4.79 Å². The molecule has 3 aromatic carbocycles. The maximum atomic E-state index is 13.0. The van der Waals surface area contributed by atoms with E-state index in [1.807, 2.05) is 77.7 Å². The summed E-state index contributed by atoms with van der Waals surface area (Å²) in [6.45, 7) is 2.22. The minimum absolute atomic E-state index is 0.00843. The highest BCUT2D eigenvalue weighted by molar-refractivity contribution is 6.07. The van der Waals surface area contributed by atoms with Gasteiger partial charge in [-0.25, -0.2) is 4.79 Å². The Morgan fingerprint density at radius 2 is 1.39 bits per heavy atom. The molecule has 1 saturated heterocycles. The van der Waals surface area contributed by atoms with Crippen LogP contribution in [0.4, 0.5) is 4.79 Å². The molecule has 3 aromatic rings. The first-order chi connectivity index (χ1) is 13.7. The number of ether oxygens (including phenoxy) is 1. The molecule has 0 aliphatic carbocycles. The fourth-order valence-corrected chi connectivity index (χ4v) is 3.48. The molecule has 0 saturated carbocycles. The molecule has 0 atom stereocenters. The highest BCUT2D eigenvalue weighted by atomic mass is 16.6. The molecule has 1 fully saturated rings. The topological polar surface area (TPSA) is 49.9 Å². The first-order valence-electron chi connectivity index (χ1n) is 9.45. The van der Waals surface area contributed by atoms with E-state index in [9.17, 15) is 9.59 Å². The van der Waals surface area contributed by atoms with Crippen LogP contribution in [0, 0.1) is 0 Å². The van der Waals surface area contributed by atoms with Crippen molar-refractivity contribution < 1.29 is 14.3 Å². The molecular formula is C23H22N2O3. The van der Waals surface area contributed by atoms with E-state index in [1.54, 1.807) is 4.90 Å². The summed E-state index contributed by atoms with van der Waals surface area (Å²) in [4.78, 5) is 28.8. The van der Waals surface area contributed by atoms with Gasteiger partial charge in [0.2, 0.25) is 0 Å². The maximum Gasteiger partial charge on any atom is 0.410 e. The van der Waals surface area contributed by atoms with Crippen LogP contribution in [0.3, 0.4) is 0 Å². The van der Waals surface area contributed by atoms with E-state index in [2.05, 4.69) is 0 Å². The Balaban J connectivity index is 1.36. The minimum atomic E-state index is -0.332. The Kier molecular flexibility index (Phi) is 5.24. The summed E-state index contributed by atoms with van der Waals surface area (Å²) in [6.07, 6.45) is -0.332. The molecule has 0 radical (unpaired) electrons. The molecule has 2 amide bonds. The van der Waals surface area contributed by atoms with Gasteiger partial charge in [-0.05, 0) is 22.4 Å². The van der Waals surface area contributed by atoms with Crippen molar-refractivity contribution in [2.75, 3.05) is 26.2 Å². The Morgan fingerprint density at radius 1 is 0.750 bits per heavy atom. The summed E-state index contributed by atoms with van der Waals surface area (Å²) in [5.74, 6) is 0.00843. The molecule has 4 rings (SSSR count). The van der Waals surface area contributed by atoms with Crippen molar-refractivity contribution in [2.24, 2.45) is 0 Å². The van der Waals surface area contributed by atoms with Gasteiger partial charge in [-0.2, -0.15) is 0 Å². The SMILES string of the molecule is O=C(OCc1ccccc1)N1CCN(C(=O)c2cccc3ccccc23)CC1. The van der Waals surface area contributed by atoms with Crippen molar-refractivity contribution in [3.05, 3.63) is 83.9 Å². The Bertz CT molecular complexity index is 974. The van der Waals surface area contributed by atoms with Crippen LogP contribution in [0.15, 0.2) is 72.8 Å². The molecule has 0 bridgehead atoms. The average Bonchev–Trinajstić information content (AvgIpc) is 2.77. The van der Waals surface area contributed by atoms with Gasteiger partial charge in [-0.1, -0.05) is 66.7 Å². The third-order valence-corrected chi connectivity index (χ3v) is 5.05. The van der Waals surface area contributed by atoms with Crippen molar-refractivity contribution in [2.45, 2.75) is 6.61 Å². The van der Waals surface area contributed by atoms with Crippen LogP contribution < -0.4 is 0 Å². The lowest BCUT2D eigenvalue weighted by Gasteiger charge is -2.34. The summed E-state index contributed by atoms with van der Waals surface area (Å²) in [5.41, 5.74) is 1.67. The third-order valence-electron chi connectivity index (χ3n) is 5.05. The molecule has 0 aromatic heterocycles. The van der Waals surface area contributed by atoms with E-state index in [1.165, 1.54) is 0 Å². The molecule has 0 spiro atoms. The molecule has 5 nitrogen and oxygen atoms in total. The minimum Gasteiger partial charge on any atom is -0.445 e. The average molecular weight is 374 g/mol. The van der Waals surface area contributed by atoms with Gasteiger partial charge in [0.15, 0.2) is 0 Å². The number of carbonyl (C=O) groups is 2. The molecule has 0 unspecified atom stereocenters. The lowest BCUT2D eigenvalue weighted by Crippen LogP contribution is -2.50. The highest BCUT2D eigenvalue weighted by Crippen LogP contribution is 2.21. The first kappa shape index (κ1) is 18.0. The molecule has 1 heterocycles. The van der Waals surface area contributed by atoms with E-state index in [4.69, 9.17) is 4.74 Å². The molecule has 1 aliphatic rings. The van der Waals surface area contributed by atoms with E-state index < -0.39 is 0 Å². The summed E-state index contributed by atoms with van der Waals surface area (Å²) < 4.78 is 5.39. The van der Waals surface area contributed by atoms with Gasteiger partial charge in [0.25, 0.3) is 5.91 Å². The van der Waals surface area contributed by atoms with Crippen molar-refractivity contribution in [3.8, 4) is 0 Å². The Labute approximate surface area is 164 Å². The van der Waals surface area contributed by atoms with Gasteiger partial charge in [0, 0.05) is 31.7 Å². The van der Waals surface area contributed by atoms with E-state index in [0.29, 0.717) is 31.7 Å². The van der Waals surface area contributed by atoms with Crippen LogP contribution in [0.25, 0.3) is 10.8 Å². The molecule has 142 valence electrons. The number of benzene rings is 3. The summed E-state index contributed by atoms with van der Waals surface area (Å²) >= 11 is 0. The number of hydrogen-bond acceptors (Lipinski definition) is 3. The second-order valence-corrected chi connectivity index (χ2v) is 6.85. The number of nitrogens with zero attached hydrogens (tertiary/aromatic N) is 2. The lowest BCUT2D eigenvalue weighted by atomic mass is 10.0. The van der Waals surface area contributed by atoms with Gasteiger partial charge in [0.05, 0.1) is 0 Å². The van der Waals surface area contributed by atoms with Crippen molar-refractivity contribution in [1.82, 2.24) is 9.80 Å². The van der Waals surface area contributed by atoms with Crippen LogP contribution in [0.5, 0.6) is 0 Å². The zero-order valence-electron chi connectivity index (χ0n) is 15.6. The predicted molar refractivity (Wildman–Crippen MR) is 108 cm³/mol. The standard InChI is InChI=1S/C23H22N2O3/c26-22(21-12-6-10-19-9-4-5-11-20(19)21)24-13-15-25(16-14-24)23(27)28-17-18-7-2-1-3-8-18/h1-12H,13-17H2. The monoisotopic (exact) mass is 374 g/mol. The van der Waals surface area contributed by atoms with E-state index >= 15 is 0 Å². The Morgan fingerprint density at radius 3 is 2.18 bits per heavy atom. The fourth-order valence-electron chi connectivity index (χ4n) is 3.48. The van der Waals surface area contributed by atoms with Crippen molar-refractivity contribution in [1.29, 1.82) is 0 Å². The molecular weight excluding hydrogens is 352 g/mol. The molecule has 1 aliphatic heterocycles. The molecule has 28 heavy (non-hydrogen) atoms. The van der Waals surface area contributed by atoms with E-state index in [0.717, 1.165) is 16.3 Å². The molecule has 0 N–H and O–H groups in total. The number of rotatable bonds is 3. The lowest BCUT2D eigenvalue weighted by molar-refractivity contribution is 0.0545. The fraction of sp³-hybridized carbons (Fsp3) is 0.217. The maximum absolute atomic E-state index is 13.0. The molecule has 5 heteroatoms. The first-order valence-corrected chi connectivity index (χ1v) is 9.45. The quantitative estimate of drug-likeness (QED) is 0.698. The predicted octanol–water partition coefficient (Wildman–Crippen LogP) is 3.93.